The van der Waals surface area contributed by atoms with E-state index in [1.54, 1.807) is 54.7 Å². The zero-order valence-corrected chi connectivity index (χ0v) is 16.6. The Bertz CT molecular complexity index is 1110. The first-order valence-corrected chi connectivity index (χ1v) is 9.46. The van der Waals surface area contributed by atoms with Crippen LogP contribution in [-0.2, 0) is 9.53 Å². The Kier molecular flexibility index (Phi) is 5.26. The number of pyridine rings is 1. The van der Waals surface area contributed by atoms with Crippen molar-refractivity contribution in [3.8, 4) is 0 Å². The second-order valence-electron chi connectivity index (χ2n) is 6.89. The number of nitrogens with one attached hydrogen (secondary N) is 1. The highest BCUT2D eigenvalue weighted by Gasteiger charge is 2.34. The molecule has 0 aliphatic carbocycles. The highest BCUT2D eigenvalue weighted by Crippen LogP contribution is 2.29. The van der Waals surface area contributed by atoms with E-state index in [1.165, 1.54) is 11.9 Å². The summed E-state index contributed by atoms with van der Waals surface area (Å²) in [7, 11) is 0. The van der Waals surface area contributed by atoms with Gasteiger partial charge in [-0.15, -0.1) is 5.10 Å². The summed E-state index contributed by atoms with van der Waals surface area (Å²) in [6, 6.07) is 19.9. The maximum absolute atomic E-state index is 12.5. The lowest BCUT2D eigenvalue weighted by molar-refractivity contribution is -0.135. The molecule has 2 amide bonds. The van der Waals surface area contributed by atoms with E-state index < -0.39 is 6.23 Å². The van der Waals surface area contributed by atoms with Gasteiger partial charge in [0.2, 0.25) is 18.0 Å². The average molecular weight is 400 g/mol. The molecule has 4 rings (SSSR count). The molecule has 1 N–H and O–H groups in total. The van der Waals surface area contributed by atoms with Crippen molar-refractivity contribution in [1.29, 1.82) is 0 Å². The van der Waals surface area contributed by atoms with E-state index in [1.807, 2.05) is 25.1 Å². The molecule has 0 bridgehead atoms. The highest BCUT2D eigenvalue weighted by molar-refractivity contribution is 6.05. The zero-order valence-electron chi connectivity index (χ0n) is 16.6. The number of nitrogens with zero attached hydrogens (tertiary/aromatic N) is 3. The number of hydrogen-bond acceptors (Lipinski definition) is 5. The zero-order chi connectivity index (χ0) is 21.1. The molecule has 0 saturated heterocycles. The number of aromatic nitrogens is 1. The van der Waals surface area contributed by atoms with E-state index in [4.69, 9.17) is 4.74 Å². The number of benzene rings is 2. The Morgan fingerprint density at radius 2 is 1.83 bits per heavy atom. The van der Waals surface area contributed by atoms with Crippen molar-refractivity contribution < 1.29 is 14.3 Å². The molecule has 150 valence electrons. The summed E-state index contributed by atoms with van der Waals surface area (Å²) in [6.45, 7) is 3.39. The molecule has 1 unspecified atom stereocenters. The number of ether oxygens (including phenoxy) is 1. The van der Waals surface area contributed by atoms with Crippen LogP contribution in [0.3, 0.4) is 0 Å². The number of anilines is 1. The fraction of sp³-hybridized carbons (Fsp3) is 0.130. The fourth-order valence-corrected chi connectivity index (χ4v) is 3.04. The lowest BCUT2D eigenvalue weighted by atomic mass is 10.1. The first-order valence-electron chi connectivity index (χ1n) is 9.46. The Hall–Kier alpha value is -4.00. The lowest BCUT2D eigenvalue weighted by Gasteiger charge is -2.18. The third-order valence-electron chi connectivity index (χ3n) is 4.59. The Balaban J connectivity index is 1.56. The third-order valence-corrected chi connectivity index (χ3v) is 4.59. The second-order valence-corrected chi connectivity index (χ2v) is 6.89. The molecule has 30 heavy (non-hydrogen) atoms. The van der Waals surface area contributed by atoms with Gasteiger partial charge in [-0.25, -0.2) is 0 Å². The Labute approximate surface area is 174 Å². The highest BCUT2D eigenvalue weighted by atomic mass is 16.5. The van der Waals surface area contributed by atoms with Gasteiger partial charge in [0.05, 0.1) is 0 Å². The number of rotatable bonds is 4. The van der Waals surface area contributed by atoms with Crippen molar-refractivity contribution in [3.63, 3.8) is 0 Å². The molecule has 0 radical (unpaired) electrons. The van der Waals surface area contributed by atoms with Gasteiger partial charge in [0.15, 0.2) is 0 Å². The van der Waals surface area contributed by atoms with E-state index in [-0.39, 0.29) is 17.7 Å². The molecular weight excluding hydrogens is 380 g/mol. The first-order chi connectivity index (χ1) is 14.5. The summed E-state index contributed by atoms with van der Waals surface area (Å²) in [5, 5.41) is 8.46. The van der Waals surface area contributed by atoms with Gasteiger partial charge in [-0.3, -0.25) is 14.6 Å². The summed E-state index contributed by atoms with van der Waals surface area (Å²) in [5.41, 5.74) is 3.47. The summed E-state index contributed by atoms with van der Waals surface area (Å²) >= 11 is 0. The van der Waals surface area contributed by atoms with Crippen LogP contribution in [0.5, 0.6) is 0 Å². The number of carbonyl (C=O) groups is 2. The van der Waals surface area contributed by atoms with Gasteiger partial charge in [-0.1, -0.05) is 29.8 Å². The molecule has 7 heteroatoms. The van der Waals surface area contributed by atoms with Crippen molar-refractivity contribution >= 4 is 23.4 Å². The van der Waals surface area contributed by atoms with Crippen molar-refractivity contribution in [2.45, 2.75) is 20.1 Å². The average Bonchev–Trinajstić information content (AvgIpc) is 3.21. The van der Waals surface area contributed by atoms with E-state index in [2.05, 4.69) is 15.4 Å². The van der Waals surface area contributed by atoms with Gasteiger partial charge in [0.25, 0.3) is 5.91 Å². The van der Waals surface area contributed by atoms with Crippen LogP contribution in [0.2, 0.25) is 0 Å². The Morgan fingerprint density at radius 1 is 1.03 bits per heavy atom. The molecule has 1 aliphatic rings. The summed E-state index contributed by atoms with van der Waals surface area (Å²) in [5.74, 6) is -0.185. The van der Waals surface area contributed by atoms with Crippen LogP contribution in [-0.4, -0.2) is 27.7 Å². The maximum atomic E-state index is 12.5. The summed E-state index contributed by atoms with van der Waals surface area (Å²) in [4.78, 5) is 28.8. The van der Waals surface area contributed by atoms with Crippen LogP contribution in [0.1, 0.15) is 40.3 Å². The van der Waals surface area contributed by atoms with Gasteiger partial charge in [-0.2, -0.15) is 5.01 Å². The topological polar surface area (TPSA) is 83.9 Å². The Morgan fingerprint density at radius 3 is 2.53 bits per heavy atom. The predicted octanol–water partition coefficient (Wildman–Crippen LogP) is 3.88. The molecule has 7 nitrogen and oxygen atoms in total. The molecular formula is C23H20N4O3. The van der Waals surface area contributed by atoms with Crippen molar-refractivity contribution in [3.05, 3.63) is 95.3 Å². The minimum Gasteiger partial charge on any atom is -0.444 e. The fourth-order valence-electron chi connectivity index (χ4n) is 3.04. The molecule has 2 heterocycles. The van der Waals surface area contributed by atoms with Crippen LogP contribution in [0, 0.1) is 6.92 Å². The van der Waals surface area contributed by atoms with Gasteiger partial charge >= 0.3 is 0 Å². The van der Waals surface area contributed by atoms with Crippen molar-refractivity contribution in [1.82, 2.24) is 9.99 Å². The molecule has 1 atom stereocenters. The maximum Gasteiger partial charge on any atom is 0.255 e. The summed E-state index contributed by atoms with van der Waals surface area (Å²) < 4.78 is 5.95. The van der Waals surface area contributed by atoms with Crippen LogP contribution in [0.4, 0.5) is 5.69 Å². The van der Waals surface area contributed by atoms with Crippen molar-refractivity contribution in [2.24, 2.45) is 5.10 Å². The number of carbonyl (C=O) groups excluding carboxylic acids is 2. The van der Waals surface area contributed by atoms with Gasteiger partial charge in [0, 0.05) is 29.9 Å². The van der Waals surface area contributed by atoms with Gasteiger partial charge < -0.3 is 10.1 Å². The number of hydrogen-bond donors (Lipinski definition) is 1. The minimum absolute atomic E-state index is 0.210. The normalized spacial score (nSPS) is 15.3. The molecule has 0 spiro atoms. The van der Waals surface area contributed by atoms with Crippen molar-refractivity contribution in [2.75, 3.05) is 5.32 Å². The van der Waals surface area contributed by atoms with Crippen LogP contribution >= 0.6 is 0 Å². The number of amides is 2. The van der Waals surface area contributed by atoms with Crippen LogP contribution < -0.4 is 5.32 Å². The second kappa shape index (κ2) is 8.16. The first kappa shape index (κ1) is 19.3. The van der Waals surface area contributed by atoms with Gasteiger partial charge in [0.1, 0.15) is 5.69 Å². The number of hydrazone groups is 1. The molecule has 2 aromatic carbocycles. The predicted molar refractivity (Wildman–Crippen MR) is 113 cm³/mol. The minimum atomic E-state index is -0.732. The molecule has 1 aromatic heterocycles. The standard InChI is InChI=1S/C23H20N4O3/c1-15-9-11-17(12-10-15)21(29)25-19-7-5-6-18(14-19)22-26-27(16(2)28)23(30-22)20-8-3-4-13-24-20/h3-14,23H,1-2H3,(H,25,29). The van der Waals surface area contributed by atoms with Crippen LogP contribution in [0.15, 0.2) is 78.0 Å². The van der Waals surface area contributed by atoms with E-state index >= 15 is 0 Å². The molecule has 3 aromatic rings. The molecule has 0 fully saturated rings. The quantitative estimate of drug-likeness (QED) is 0.720. The largest absolute Gasteiger partial charge is 0.444 e. The SMILES string of the molecule is CC(=O)N1N=C(c2cccc(NC(=O)c3ccc(C)cc3)c2)OC1c1ccccn1. The third kappa shape index (κ3) is 4.05. The van der Waals surface area contributed by atoms with E-state index in [9.17, 15) is 9.59 Å². The molecule has 1 aliphatic heterocycles. The van der Waals surface area contributed by atoms with E-state index in [0.717, 1.165) is 5.56 Å². The van der Waals surface area contributed by atoms with Crippen LogP contribution in [0.25, 0.3) is 0 Å². The number of aryl methyl sites for hydroxylation is 1. The monoisotopic (exact) mass is 400 g/mol. The van der Waals surface area contributed by atoms with E-state index in [0.29, 0.717) is 22.5 Å². The lowest BCUT2D eigenvalue weighted by Crippen LogP contribution is -2.25. The summed E-state index contributed by atoms with van der Waals surface area (Å²) in [6.07, 6.45) is 0.903. The molecule has 0 saturated carbocycles. The van der Waals surface area contributed by atoms with Gasteiger partial charge in [-0.05, 0) is 49.4 Å². The smallest absolute Gasteiger partial charge is 0.255 e.